The molecular formula is C28H26N4O3. The number of carbonyl (C=O) groups is 1. The van der Waals surface area contributed by atoms with E-state index in [0.717, 1.165) is 53.5 Å². The predicted octanol–water partition coefficient (Wildman–Crippen LogP) is 4.93. The van der Waals surface area contributed by atoms with E-state index in [1.807, 2.05) is 65.8 Å². The Bertz CT molecular complexity index is 1420. The molecule has 0 bridgehead atoms. The first-order valence-electron chi connectivity index (χ1n) is 11.6. The number of rotatable bonds is 5. The molecule has 0 N–H and O–H groups in total. The number of aromatic nitrogens is 3. The third kappa shape index (κ3) is 4.69. The topological polar surface area (TPSA) is 69.0 Å². The van der Waals surface area contributed by atoms with Crippen LogP contribution in [0.15, 0.2) is 67.1 Å². The van der Waals surface area contributed by atoms with E-state index in [-0.39, 0.29) is 11.8 Å². The number of fused-ring (bicyclic) bond motifs is 1. The SMILES string of the molecule is CC#CC(=O)N1CCC[C@@H](c2nc(-c3ccc(Oc4cccc(OC)c4)cc3)c3cnccn23)C1. The maximum atomic E-state index is 12.4. The first kappa shape index (κ1) is 22.5. The highest BCUT2D eigenvalue weighted by molar-refractivity contribution is 5.93. The van der Waals surface area contributed by atoms with E-state index in [2.05, 4.69) is 21.2 Å². The van der Waals surface area contributed by atoms with Gasteiger partial charge in [0.2, 0.25) is 0 Å². The number of benzene rings is 2. The zero-order valence-electron chi connectivity index (χ0n) is 19.8. The third-order valence-corrected chi connectivity index (χ3v) is 6.18. The number of piperidine rings is 1. The second-order valence-electron chi connectivity index (χ2n) is 8.42. The van der Waals surface area contributed by atoms with Crippen LogP contribution >= 0.6 is 0 Å². The Hall–Kier alpha value is -4.31. The Morgan fingerprint density at radius 1 is 1.11 bits per heavy atom. The molecule has 0 radical (unpaired) electrons. The normalized spacial score (nSPS) is 15.4. The largest absolute Gasteiger partial charge is 0.497 e. The standard InChI is InChI=1S/C28H26N4O3/c1-3-6-26(33)31-15-5-7-21(19-31)28-30-27(25-18-29-14-16-32(25)28)20-10-12-22(13-11-20)35-24-9-4-8-23(17-24)34-2/h4,8-14,16-18,21H,5,7,15,19H2,1-2H3/t21-/m1/s1. The van der Waals surface area contributed by atoms with Gasteiger partial charge < -0.3 is 14.4 Å². The summed E-state index contributed by atoms with van der Waals surface area (Å²) in [4.78, 5) is 23.6. The summed E-state index contributed by atoms with van der Waals surface area (Å²) in [6.07, 6.45) is 7.43. The monoisotopic (exact) mass is 466 g/mol. The van der Waals surface area contributed by atoms with Gasteiger partial charge in [-0.1, -0.05) is 12.0 Å². The highest BCUT2D eigenvalue weighted by Gasteiger charge is 2.28. The van der Waals surface area contributed by atoms with Gasteiger partial charge in [0.15, 0.2) is 0 Å². The lowest BCUT2D eigenvalue weighted by molar-refractivity contribution is -0.126. The van der Waals surface area contributed by atoms with Crippen LogP contribution in [-0.4, -0.2) is 45.4 Å². The number of hydrogen-bond acceptors (Lipinski definition) is 5. The van der Waals surface area contributed by atoms with E-state index in [9.17, 15) is 4.79 Å². The van der Waals surface area contributed by atoms with Gasteiger partial charge >= 0.3 is 0 Å². The van der Waals surface area contributed by atoms with E-state index in [1.165, 1.54) is 0 Å². The first-order chi connectivity index (χ1) is 17.2. The van der Waals surface area contributed by atoms with E-state index in [1.54, 1.807) is 20.2 Å². The quantitative estimate of drug-likeness (QED) is 0.390. The van der Waals surface area contributed by atoms with Crippen molar-refractivity contribution >= 4 is 11.4 Å². The highest BCUT2D eigenvalue weighted by atomic mass is 16.5. The van der Waals surface area contributed by atoms with Crippen LogP contribution in [0.4, 0.5) is 0 Å². The zero-order valence-corrected chi connectivity index (χ0v) is 19.8. The lowest BCUT2D eigenvalue weighted by atomic mass is 9.97. The summed E-state index contributed by atoms with van der Waals surface area (Å²) < 4.78 is 13.3. The van der Waals surface area contributed by atoms with E-state index in [0.29, 0.717) is 12.3 Å². The Kier molecular flexibility index (Phi) is 6.36. The molecule has 1 saturated heterocycles. The van der Waals surface area contributed by atoms with Crippen LogP contribution in [0.25, 0.3) is 16.8 Å². The number of carbonyl (C=O) groups excluding carboxylic acids is 1. The molecule has 0 saturated carbocycles. The molecular weight excluding hydrogens is 440 g/mol. The molecule has 35 heavy (non-hydrogen) atoms. The molecule has 7 nitrogen and oxygen atoms in total. The summed E-state index contributed by atoms with van der Waals surface area (Å²) in [5, 5.41) is 0. The molecule has 2 aromatic heterocycles. The van der Waals surface area contributed by atoms with Crippen LogP contribution in [0, 0.1) is 11.8 Å². The Labute approximate surface area is 204 Å². The summed E-state index contributed by atoms with van der Waals surface area (Å²) in [5.41, 5.74) is 2.76. The number of methoxy groups -OCH3 is 1. The highest BCUT2D eigenvalue weighted by Crippen LogP contribution is 2.33. The van der Waals surface area contributed by atoms with E-state index >= 15 is 0 Å². The Morgan fingerprint density at radius 2 is 1.94 bits per heavy atom. The molecule has 0 unspecified atom stereocenters. The number of imidazole rings is 1. The Morgan fingerprint density at radius 3 is 2.74 bits per heavy atom. The minimum absolute atomic E-state index is 0.119. The van der Waals surface area contributed by atoms with Gasteiger partial charge in [-0.25, -0.2) is 4.98 Å². The third-order valence-electron chi connectivity index (χ3n) is 6.18. The van der Waals surface area contributed by atoms with Gasteiger partial charge in [0.1, 0.15) is 23.1 Å². The number of amides is 1. The molecule has 0 spiro atoms. The molecule has 4 aromatic rings. The number of ether oxygens (including phenoxy) is 2. The average Bonchev–Trinajstić information content (AvgIpc) is 3.29. The molecule has 0 aliphatic carbocycles. The maximum absolute atomic E-state index is 12.4. The number of nitrogens with zero attached hydrogens (tertiary/aromatic N) is 4. The summed E-state index contributed by atoms with van der Waals surface area (Å²) in [5.74, 6) is 8.51. The summed E-state index contributed by atoms with van der Waals surface area (Å²) in [7, 11) is 1.63. The minimum atomic E-state index is -0.119. The number of likely N-dealkylation sites (tertiary alicyclic amines) is 1. The molecule has 1 atom stereocenters. The van der Waals surface area contributed by atoms with Crippen molar-refractivity contribution in [3.05, 3.63) is 72.9 Å². The fraction of sp³-hybridized carbons (Fsp3) is 0.250. The summed E-state index contributed by atoms with van der Waals surface area (Å²) in [6, 6.07) is 15.4. The van der Waals surface area contributed by atoms with Gasteiger partial charge in [-0.2, -0.15) is 0 Å². The molecule has 176 valence electrons. The van der Waals surface area contributed by atoms with Gasteiger partial charge in [0.25, 0.3) is 5.91 Å². The van der Waals surface area contributed by atoms with Crippen molar-refractivity contribution in [2.45, 2.75) is 25.7 Å². The van der Waals surface area contributed by atoms with Crippen LogP contribution in [0.3, 0.4) is 0 Å². The van der Waals surface area contributed by atoms with Gasteiger partial charge in [0.05, 0.1) is 24.5 Å². The van der Waals surface area contributed by atoms with Crippen molar-refractivity contribution in [1.82, 2.24) is 19.3 Å². The van der Waals surface area contributed by atoms with Crippen LogP contribution in [-0.2, 0) is 4.79 Å². The van der Waals surface area contributed by atoms with Gasteiger partial charge in [-0.05, 0) is 62.1 Å². The van der Waals surface area contributed by atoms with Crippen molar-refractivity contribution in [3.8, 4) is 40.3 Å². The second-order valence-corrected chi connectivity index (χ2v) is 8.42. The minimum Gasteiger partial charge on any atom is -0.497 e. The molecule has 1 fully saturated rings. The molecule has 2 aromatic carbocycles. The van der Waals surface area contributed by atoms with Crippen LogP contribution in [0.1, 0.15) is 31.5 Å². The molecule has 1 aliphatic rings. The molecule has 1 aliphatic heterocycles. The average molecular weight is 467 g/mol. The first-order valence-corrected chi connectivity index (χ1v) is 11.6. The Balaban J connectivity index is 1.43. The van der Waals surface area contributed by atoms with Crippen molar-refractivity contribution < 1.29 is 14.3 Å². The molecule has 3 heterocycles. The van der Waals surface area contributed by atoms with Gasteiger partial charge in [-0.15, -0.1) is 0 Å². The van der Waals surface area contributed by atoms with Crippen molar-refractivity contribution in [2.24, 2.45) is 0 Å². The zero-order chi connectivity index (χ0) is 24.2. The van der Waals surface area contributed by atoms with Crippen LogP contribution in [0.2, 0.25) is 0 Å². The molecule has 1 amide bonds. The van der Waals surface area contributed by atoms with Crippen LogP contribution in [0.5, 0.6) is 17.2 Å². The fourth-order valence-corrected chi connectivity index (χ4v) is 4.50. The fourth-order valence-electron chi connectivity index (χ4n) is 4.50. The molecule has 7 heteroatoms. The van der Waals surface area contributed by atoms with Gasteiger partial charge in [0, 0.05) is 43.0 Å². The van der Waals surface area contributed by atoms with E-state index < -0.39 is 0 Å². The van der Waals surface area contributed by atoms with Gasteiger partial charge in [-0.3, -0.25) is 14.2 Å². The second kappa shape index (κ2) is 9.90. The lowest BCUT2D eigenvalue weighted by Gasteiger charge is -2.30. The predicted molar refractivity (Wildman–Crippen MR) is 133 cm³/mol. The summed E-state index contributed by atoms with van der Waals surface area (Å²) >= 11 is 0. The lowest BCUT2D eigenvalue weighted by Crippen LogP contribution is -2.38. The summed E-state index contributed by atoms with van der Waals surface area (Å²) in [6.45, 7) is 3.03. The molecule has 5 rings (SSSR count). The van der Waals surface area contributed by atoms with Crippen molar-refractivity contribution in [1.29, 1.82) is 0 Å². The maximum Gasteiger partial charge on any atom is 0.298 e. The smallest absolute Gasteiger partial charge is 0.298 e. The number of hydrogen-bond donors (Lipinski definition) is 0. The van der Waals surface area contributed by atoms with Crippen molar-refractivity contribution in [3.63, 3.8) is 0 Å². The van der Waals surface area contributed by atoms with Crippen LogP contribution < -0.4 is 9.47 Å². The van der Waals surface area contributed by atoms with E-state index in [4.69, 9.17) is 14.5 Å². The van der Waals surface area contributed by atoms with Crippen molar-refractivity contribution in [2.75, 3.05) is 20.2 Å².